The van der Waals surface area contributed by atoms with E-state index in [0.29, 0.717) is 12.8 Å². The van der Waals surface area contributed by atoms with Crippen LogP contribution in [0.15, 0.2) is 48.6 Å². The molecule has 0 bridgehead atoms. The van der Waals surface area contributed by atoms with Gasteiger partial charge in [0.05, 0.1) is 12.2 Å². The summed E-state index contributed by atoms with van der Waals surface area (Å²) in [5.74, 6) is -1.06. The highest BCUT2D eigenvalue weighted by Gasteiger charge is 2.38. The summed E-state index contributed by atoms with van der Waals surface area (Å²) in [6.07, 6.45) is 17.7. The summed E-state index contributed by atoms with van der Waals surface area (Å²) in [6, 6.07) is 0. The van der Waals surface area contributed by atoms with Crippen molar-refractivity contribution in [3.05, 3.63) is 48.6 Å². The number of ketones is 1. The van der Waals surface area contributed by atoms with E-state index >= 15 is 0 Å². The molecule has 0 spiro atoms. The van der Waals surface area contributed by atoms with E-state index in [9.17, 15) is 19.8 Å². The number of carboxylic acid groups (broad SMARTS) is 1. The van der Waals surface area contributed by atoms with Crippen molar-refractivity contribution in [1.82, 2.24) is 0 Å². The van der Waals surface area contributed by atoms with E-state index in [1.807, 2.05) is 43.4 Å². The molecule has 0 radical (unpaired) electrons. The van der Waals surface area contributed by atoms with Gasteiger partial charge >= 0.3 is 5.97 Å². The Morgan fingerprint density at radius 2 is 1.78 bits per heavy atom. The Bertz CT molecular complexity index is 573. The number of carbonyl (C=O) groups is 2. The van der Waals surface area contributed by atoms with Crippen molar-refractivity contribution in [3.63, 3.8) is 0 Å². The third-order valence-electron chi connectivity index (χ3n) is 4.70. The number of Topliss-reactive ketones (excluding diaryl/α,β-unsaturated/α-hetero) is 1. The van der Waals surface area contributed by atoms with Gasteiger partial charge in [-0.1, -0.05) is 55.5 Å². The third kappa shape index (κ3) is 9.50. The zero-order chi connectivity index (χ0) is 20.1. The molecule has 1 aliphatic rings. The molecular formula is C22H32O5. The van der Waals surface area contributed by atoms with Gasteiger partial charge in [0.1, 0.15) is 5.78 Å². The number of rotatable bonds is 12. The largest absolute Gasteiger partial charge is 0.481 e. The van der Waals surface area contributed by atoms with Crippen molar-refractivity contribution in [3.8, 4) is 0 Å². The van der Waals surface area contributed by atoms with Gasteiger partial charge in [-0.05, 0) is 38.0 Å². The maximum atomic E-state index is 11.9. The summed E-state index contributed by atoms with van der Waals surface area (Å²) >= 11 is 0. The summed E-state index contributed by atoms with van der Waals surface area (Å²) in [5.41, 5.74) is 0. The van der Waals surface area contributed by atoms with Crippen LogP contribution in [0.25, 0.3) is 0 Å². The first kappa shape index (κ1) is 23.1. The first-order chi connectivity index (χ1) is 13.0. The smallest absolute Gasteiger partial charge is 0.303 e. The van der Waals surface area contributed by atoms with E-state index in [4.69, 9.17) is 5.11 Å². The quantitative estimate of drug-likeness (QED) is 0.453. The van der Waals surface area contributed by atoms with Crippen molar-refractivity contribution < 1.29 is 24.9 Å². The fourth-order valence-corrected chi connectivity index (χ4v) is 3.18. The minimum atomic E-state index is -0.782. The molecule has 0 aliphatic heterocycles. The Balaban J connectivity index is 2.22. The Labute approximate surface area is 161 Å². The fourth-order valence-electron chi connectivity index (χ4n) is 3.18. The molecular weight excluding hydrogens is 344 g/mol. The topological polar surface area (TPSA) is 94.8 Å². The SMILES string of the molecule is CC[C@H]1[C@H](O)CC(=O)[C@H]1/C=C/[C@H](O)C/C=C\C/C=C\C/C=C\CCC(=O)O. The zero-order valence-electron chi connectivity index (χ0n) is 16.0. The third-order valence-corrected chi connectivity index (χ3v) is 4.70. The van der Waals surface area contributed by atoms with Gasteiger partial charge < -0.3 is 15.3 Å². The van der Waals surface area contributed by atoms with E-state index in [0.717, 1.165) is 19.3 Å². The highest BCUT2D eigenvalue weighted by Crippen LogP contribution is 2.32. The second-order valence-corrected chi connectivity index (χ2v) is 6.84. The Hall–Kier alpha value is -1.98. The van der Waals surface area contributed by atoms with Crippen molar-refractivity contribution in [1.29, 1.82) is 0 Å². The van der Waals surface area contributed by atoms with Crippen LogP contribution in [-0.4, -0.2) is 39.3 Å². The maximum absolute atomic E-state index is 11.9. The molecule has 27 heavy (non-hydrogen) atoms. The Morgan fingerprint density at radius 3 is 2.41 bits per heavy atom. The number of aliphatic carboxylic acids is 1. The minimum absolute atomic E-state index is 0.0418. The van der Waals surface area contributed by atoms with Crippen LogP contribution in [0.1, 0.15) is 51.9 Å². The molecule has 4 atom stereocenters. The van der Waals surface area contributed by atoms with Gasteiger partial charge in [-0.15, -0.1) is 0 Å². The van der Waals surface area contributed by atoms with E-state index in [1.165, 1.54) is 0 Å². The molecule has 0 aromatic rings. The summed E-state index contributed by atoms with van der Waals surface area (Å²) in [4.78, 5) is 22.2. The summed E-state index contributed by atoms with van der Waals surface area (Å²) in [6.45, 7) is 1.96. The fraction of sp³-hybridized carbons (Fsp3) is 0.545. The number of aliphatic hydroxyl groups excluding tert-OH is 2. The lowest BCUT2D eigenvalue weighted by Crippen LogP contribution is -2.18. The molecule has 150 valence electrons. The lowest BCUT2D eigenvalue weighted by atomic mass is 9.91. The molecule has 1 saturated carbocycles. The van der Waals surface area contributed by atoms with E-state index in [-0.39, 0.29) is 30.5 Å². The molecule has 0 aromatic carbocycles. The molecule has 1 fully saturated rings. The molecule has 5 heteroatoms. The van der Waals surface area contributed by atoms with Crippen LogP contribution >= 0.6 is 0 Å². The van der Waals surface area contributed by atoms with Gasteiger partial charge in [-0.3, -0.25) is 9.59 Å². The highest BCUT2D eigenvalue weighted by molar-refractivity contribution is 5.85. The molecule has 0 heterocycles. The molecule has 1 rings (SSSR count). The van der Waals surface area contributed by atoms with Gasteiger partial charge in [0.15, 0.2) is 0 Å². The van der Waals surface area contributed by atoms with Crippen LogP contribution in [0.3, 0.4) is 0 Å². The first-order valence-electron chi connectivity index (χ1n) is 9.69. The average Bonchev–Trinajstić information content (AvgIpc) is 2.90. The number of carboxylic acids is 1. The normalized spacial score (nSPS) is 24.9. The van der Waals surface area contributed by atoms with Crippen molar-refractivity contribution in [2.75, 3.05) is 0 Å². The van der Waals surface area contributed by atoms with Gasteiger partial charge in [0.2, 0.25) is 0 Å². The lowest BCUT2D eigenvalue weighted by molar-refractivity contribution is -0.136. The zero-order valence-corrected chi connectivity index (χ0v) is 16.0. The molecule has 0 aromatic heterocycles. The Kier molecular flexibility index (Phi) is 11.3. The van der Waals surface area contributed by atoms with Crippen molar-refractivity contribution in [2.24, 2.45) is 11.8 Å². The van der Waals surface area contributed by atoms with Crippen LogP contribution in [0.2, 0.25) is 0 Å². The monoisotopic (exact) mass is 376 g/mol. The lowest BCUT2D eigenvalue weighted by Gasteiger charge is -2.16. The van der Waals surface area contributed by atoms with Crippen LogP contribution in [0, 0.1) is 11.8 Å². The van der Waals surface area contributed by atoms with Gasteiger partial charge in [-0.25, -0.2) is 0 Å². The molecule has 5 nitrogen and oxygen atoms in total. The van der Waals surface area contributed by atoms with Gasteiger partial charge in [0.25, 0.3) is 0 Å². The molecule has 0 saturated heterocycles. The predicted octanol–water partition coefficient (Wildman–Crippen LogP) is 3.58. The molecule has 0 amide bonds. The van der Waals surface area contributed by atoms with Crippen LogP contribution in [0.5, 0.6) is 0 Å². The number of carbonyl (C=O) groups excluding carboxylic acids is 1. The van der Waals surface area contributed by atoms with Crippen LogP contribution in [-0.2, 0) is 9.59 Å². The molecule has 1 aliphatic carbocycles. The second kappa shape index (κ2) is 13.2. The molecule has 0 unspecified atom stereocenters. The minimum Gasteiger partial charge on any atom is -0.481 e. The van der Waals surface area contributed by atoms with E-state index in [1.54, 1.807) is 12.2 Å². The highest BCUT2D eigenvalue weighted by atomic mass is 16.4. The molecule has 3 N–H and O–H groups in total. The summed E-state index contributed by atoms with van der Waals surface area (Å²) in [5, 5.41) is 28.4. The van der Waals surface area contributed by atoms with Crippen molar-refractivity contribution >= 4 is 11.8 Å². The number of hydrogen-bond acceptors (Lipinski definition) is 4. The summed E-state index contributed by atoms with van der Waals surface area (Å²) < 4.78 is 0. The van der Waals surface area contributed by atoms with E-state index in [2.05, 4.69) is 0 Å². The number of aliphatic hydroxyl groups is 2. The number of allylic oxidation sites excluding steroid dienone is 6. The maximum Gasteiger partial charge on any atom is 0.303 e. The van der Waals surface area contributed by atoms with E-state index < -0.39 is 18.2 Å². The Morgan fingerprint density at radius 1 is 1.15 bits per heavy atom. The number of hydrogen-bond donors (Lipinski definition) is 3. The standard InChI is InChI=1S/C22H32O5/c1-2-18-19(21(25)16-20(18)24)15-14-17(23)12-10-8-6-4-3-5-7-9-11-13-22(26)27/h3-4,7-10,14-15,17-20,23-24H,2,5-6,11-13,16H2,1H3,(H,26,27)/b4-3-,9-7-,10-8-,15-14+/t17-,18-,19+,20-/m1/s1. The summed E-state index contributed by atoms with van der Waals surface area (Å²) in [7, 11) is 0. The van der Waals surface area contributed by atoms with Crippen molar-refractivity contribution in [2.45, 2.75) is 64.1 Å². The average molecular weight is 376 g/mol. The van der Waals surface area contributed by atoms with Gasteiger partial charge in [0, 0.05) is 18.8 Å². The predicted molar refractivity (Wildman–Crippen MR) is 106 cm³/mol. The van der Waals surface area contributed by atoms with Gasteiger partial charge in [-0.2, -0.15) is 0 Å². The second-order valence-electron chi connectivity index (χ2n) is 6.84. The first-order valence-corrected chi connectivity index (χ1v) is 9.69. The van der Waals surface area contributed by atoms with Crippen LogP contribution < -0.4 is 0 Å². The van der Waals surface area contributed by atoms with Crippen LogP contribution in [0.4, 0.5) is 0 Å².